The molecule has 0 aromatic carbocycles. The van der Waals surface area contributed by atoms with E-state index in [2.05, 4.69) is 25.6 Å². The van der Waals surface area contributed by atoms with E-state index in [4.69, 9.17) is 5.84 Å². The summed E-state index contributed by atoms with van der Waals surface area (Å²) in [6.45, 7) is 1.78. The van der Waals surface area contributed by atoms with E-state index in [-0.39, 0.29) is 23.5 Å². The first-order valence-corrected chi connectivity index (χ1v) is 5.53. The molecule has 18 heavy (non-hydrogen) atoms. The summed E-state index contributed by atoms with van der Waals surface area (Å²) in [6, 6.07) is 0.147. The Kier molecular flexibility index (Phi) is 3.53. The monoisotopic (exact) mass is 253 g/mol. The lowest BCUT2D eigenvalue weighted by molar-refractivity contribution is -0.384. The molecular formula is C9H15N7O2. The highest BCUT2D eigenvalue weighted by molar-refractivity contribution is 5.57. The van der Waals surface area contributed by atoms with Gasteiger partial charge in [-0.15, -0.1) is 0 Å². The fourth-order valence-corrected chi connectivity index (χ4v) is 1.93. The van der Waals surface area contributed by atoms with E-state index in [0.29, 0.717) is 0 Å². The van der Waals surface area contributed by atoms with E-state index in [1.807, 2.05) is 7.05 Å². The summed E-state index contributed by atoms with van der Waals surface area (Å²) in [6.07, 6.45) is 2.06. The van der Waals surface area contributed by atoms with Crippen molar-refractivity contribution in [2.75, 3.05) is 30.9 Å². The number of rotatable bonds is 4. The minimum Gasteiger partial charge on any atom is -0.360 e. The number of nitrogens with one attached hydrogen (secondary N) is 2. The first-order chi connectivity index (χ1) is 8.60. The maximum absolute atomic E-state index is 10.9. The van der Waals surface area contributed by atoms with Crippen molar-refractivity contribution in [3.63, 3.8) is 0 Å². The van der Waals surface area contributed by atoms with Gasteiger partial charge in [0.15, 0.2) is 0 Å². The van der Waals surface area contributed by atoms with Gasteiger partial charge >= 0.3 is 5.69 Å². The number of hydrogen-bond donors (Lipinski definition) is 3. The van der Waals surface area contributed by atoms with Crippen molar-refractivity contribution in [3.05, 3.63) is 16.3 Å². The molecule has 0 amide bonds. The molecule has 9 nitrogen and oxygen atoms in total. The third-order valence-corrected chi connectivity index (χ3v) is 2.83. The normalized spacial score (nSPS) is 19.8. The maximum atomic E-state index is 10.9. The summed E-state index contributed by atoms with van der Waals surface area (Å²) in [5.74, 6) is 5.54. The zero-order valence-corrected chi connectivity index (χ0v) is 9.96. The number of nitrogens with zero attached hydrogens (tertiary/aromatic N) is 4. The minimum absolute atomic E-state index is 0.147. The predicted octanol–water partition coefficient (Wildman–Crippen LogP) is -0.214. The molecule has 2 heterocycles. The Morgan fingerprint density at radius 3 is 3.00 bits per heavy atom. The van der Waals surface area contributed by atoms with Crippen molar-refractivity contribution >= 4 is 17.5 Å². The van der Waals surface area contributed by atoms with Crippen LogP contribution in [0.3, 0.4) is 0 Å². The summed E-state index contributed by atoms with van der Waals surface area (Å²) in [7, 11) is 2.00. The van der Waals surface area contributed by atoms with Crippen molar-refractivity contribution < 1.29 is 4.92 Å². The van der Waals surface area contributed by atoms with E-state index in [1.165, 1.54) is 0 Å². The Hall–Kier alpha value is -2.00. The molecule has 2 rings (SSSR count). The van der Waals surface area contributed by atoms with Crippen molar-refractivity contribution in [1.82, 2.24) is 14.9 Å². The van der Waals surface area contributed by atoms with Crippen LogP contribution in [0.5, 0.6) is 0 Å². The van der Waals surface area contributed by atoms with Gasteiger partial charge in [0.05, 0.1) is 4.92 Å². The lowest BCUT2D eigenvalue weighted by atomic mass is 10.2. The molecular weight excluding hydrogens is 238 g/mol. The van der Waals surface area contributed by atoms with Crippen LogP contribution in [0.1, 0.15) is 6.42 Å². The molecule has 1 aromatic heterocycles. The van der Waals surface area contributed by atoms with Crippen LogP contribution >= 0.6 is 0 Å². The fraction of sp³-hybridized carbons (Fsp3) is 0.556. The number of hydrogen-bond acceptors (Lipinski definition) is 8. The van der Waals surface area contributed by atoms with Gasteiger partial charge in [0.2, 0.25) is 11.8 Å². The number of aromatic nitrogens is 2. The zero-order valence-electron chi connectivity index (χ0n) is 9.96. The van der Waals surface area contributed by atoms with E-state index < -0.39 is 4.92 Å². The van der Waals surface area contributed by atoms with Crippen molar-refractivity contribution in [2.24, 2.45) is 5.84 Å². The van der Waals surface area contributed by atoms with E-state index in [9.17, 15) is 10.1 Å². The average Bonchev–Trinajstić information content (AvgIpc) is 2.74. The zero-order chi connectivity index (χ0) is 13.1. The molecule has 98 valence electrons. The molecule has 0 aliphatic carbocycles. The van der Waals surface area contributed by atoms with E-state index in [1.54, 1.807) is 0 Å². The van der Waals surface area contributed by atoms with Crippen LogP contribution in [0.15, 0.2) is 6.20 Å². The molecule has 0 bridgehead atoms. The quantitative estimate of drug-likeness (QED) is 0.382. The van der Waals surface area contributed by atoms with Gasteiger partial charge in [0.25, 0.3) is 0 Å². The van der Waals surface area contributed by atoms with Crippen LogP contribution in [-0.4, -0.2) is 46.0 Å². The second kappa shape index (κ2) is 5.10. The van der Waals surface area contributed by atoms with Gasteiger partial charge < -0.3 is 10.2 Å². The second-order valence-corrected chi connectivity index (χ2v) is 4.22. The first kappa shape index (κ1) is 12.5. The highest BCUT2D eigenvalue weighted by atomic mass is 16.6. The van der Waals surface area contributed by atoms with Gasteiger partial charge in [-0.3, -0.25) is 15.5 Å². The highest BCUT2D eigenvalue weighted by Crippen LogP contribution is 2.24. The van der Waals surface area contributed by atoms with Gasteiger partial charge in [-0.1, -0.05) is 0 Å². The molecule has 1 atom stereocenters. The maximum Gasteiger partial charge on any atom is 0.329 e. The van der Waals surface area contributed by atoms with Crippen LogP contribution in [-0.2, 0) is 0 Å². The van der Waals surface area contributed by atoms with Gasteiger partial charge in [0.1, 0.15) is 6.20 Å². The van der Waals surface area contributed by atoms with Gasteiger partial charge in [-0.25, -0.2) is 10.8 Å². The summed E-state index contributed by atoms with van der Waals surface area (Å²) in [5.41, 5.74) is 2.12. The Bertz CT molecular complexity index is 453. The van der Waals surface area contributed by atoms with Crippen LogP contribution in [0, 0.1) is 10.1 Å². The number of anilines is 2. The summed E-state index contributed by atoms with van der Waals surface area (Å²) in [5, 5.41) is 13.9. The topological polar surface area (TPSA) is 122 Å². The van der Waals surface area contributed by atoms with Gasteiger partial charge in [-0.05, 0) is 20.0 Å². The molecule has 0 radical (unpaired) electrons. The fourth-order valence-electron chi connectivity index (χ4n) is 1.93. The van der Waals surface area contributed by atoms with E-state index >= 15 is 0 Å². The molecule has 1 fully saturated rings. The van der Waals surface area contributed by atoms with Crippen molar-refractivity contribution in [1.29, 1.82) is 0 Å². The SMILES string of the molecule is CN1CCC(Nc2nc(NN)ncc2[N+](=O)[O-])C1. The molecule has 1 saturated heterocycles. The molecule has 1 unspecified atom stereocenters. The molecule has 9 heteroatoms. The lowest BCUT2D eigenvalue weighted by Gasteiger charge is -2.13. The number of hydrazine groups is 1. The van der Waals surface area contributed by atoms with Gasteiger partial charge in [0, 0.05) is 12.6 Å². The number of nitrogens with two attached hydrogens (primary N) is 1. The smallest absolute Gasteiger partial charge is 0.329 e. The molecule has 1 aromatic rings. The Balaban J connectivity index is 2.21. The third-order valence-electron chi connectivity index (χ3n) is 2.83. The summed E-state index contributed by atoms with van der Waals surface area (Å²) in [4.78, 5) is 20.2. The summed E-state index contributed by atoms with van der Waals surface area (Å²) >= 11 is 0. The average molecular weight is 253 g/mol. The predicted molar refractivity (Wildman–Crippen MR) is 66.0 cm³/mol. The lowest BCUT2D eigenvalue weighted by Crippen LogP contribution is -2.25. The molecule has 0 saturated carbocycles. The number of likely N-dealkylation sites (N-methyl/N-ethyl adjacent to an activating group) is 1. The minimum atomic E-state index is -0.513. The Morgan fingerprint density at radius 1 is 1.67 bits per heavy atom. The molecule has 1 aliphatic heterocycles. The largest absolute Gasteiger partial charge is 0.360 e. The van der Waals surface area contributed by atoms with Crippen molar-refractivity contribution in [3.8, 4) is 0 Å². The second-order valence-electron chi connectivity index (χ2n) is 4.22. The summed E-state index contributed by atoms with van der Waals surface area (Å²) < 4.78 is 0. The molecule has 0 spiro atoms. The van der Waals surface area contributed by atoms with Gasteiger partial charge in [-0.2, -0.15) is 4.98 Å². The van der Waals surface area contributed by atoms with E-state index in [0.717, 1.165) is 25.7 Å². The van der Waals surface area contributed by atoms with Crippen LogP contribution in [0.2, 0.25) is 0 Å². The molecule has 4 N–H and O–H groups in total. The number of nitrogen functional groups attached to an aromatic ring is 1. The number of nitro groups is 1. The number of likely N-dealkylation sites (tertiary alicyclic amines) is 1. The first-order valence-electron chi connectivity index (χ1n) is 5.53. The Morgan fingerprint density at radius 2 is 2.44 bits per heavy atom. The molecule has 1 aliphatic rings. The third kappa shape index (κ3) is 2.63. The Labute approximate surface area is 104 Å². The van der Waals surface area contributed by atoms with Crippen LogP contribution in [0.25, 0.3) is 0 Å². The van der Waals surface area contributed by atoms with Crippen LogP contribution < -0.4 is 16.6 Å². The van der Waals surface area contributed by atoms with Crippen LogP contribution in [0.4, 0.5) is 17.5 Å². The standard InChI is InChI=1S/C9H15N7O2/c1-15-3-2-6(5-15)12-8-7(16(17)18)4-11-9(13-8)14-10/h4,6H,2-3,5,10H2,1H3,(H2,11,12,13,14). The highest BCUT2D eigenvalue weighted by Gasteiger charge is 2.24. The van der Waals surface area contributed by atoms with Crippen molar-refractivity contribution in [2.45, 2.75) is 12.5 Å².